The molecule has 1 aliphatic heterocycles. The van der Waals surface area contributed by atoms with Crippen molar-refractivity contribution >= 4 is 18.3 Å². The molecule has 0 aromatic heterocycles. The second-order valence-electron chi connectivity index (χ2n) is 4.01. The number of rotatable bonds is 4. The van der Waals surface area contributed by atoms with Crippen molar-refractivity contribution < 1.29 is 18.0 Å². The van der Waals surface area contributed by atoms with Crippen LogP contribution in [0.3, 0.4) is 0 Å². The van der Waals surface area contributed by atoms with Crippen molar-refractivity contribution in [2.45, 2.75) is 44.3 Å². The Balaban J connectivity index is 0.00000256. The van der Waals surface area contributed by atoms with Gasteiger partial charge >= 0.3 is 6.18 Å². The summed E-state index contributed by atoms with van der Waals surface area (Å²) in [7, 11) is 0. The number of alkyl halides is 3. The van der Waals surface area contributed by atoms with Crippen molar-refractivity contribution in [3.63, 3.8) is 0 Å². The lowest BCUT2D eigenvalue weighted by Gasteiger charge is -2.22. The van der Waals surface area contributed by atoms with Crippen LogP contribution < -0.4 is 10.6 Å². The maximum atomic E-state index is 11.8. The molecule has 3 nitrogen and oxygen atoms in total. The van der Waals surface area contributed by atoms with Crippen LogP contribution >= 0.6 is 12.4 Å². The number of amides is 1. The highest BCUT2D eigenvalue weighted by Gasteiger charge is 2.26. The third-order valence-corrected chi connectivity index (χ3v) is 2.56. The van der Waals surface area contributed by atoms with Gasteiger partial charge in [0, 0.05) is 13.0 Å². The number of piperidine rings is 1. The standard InChI is InChI=1S/C10H17F3N2O.ClH/c11-10(12,13)5-3-7-15-9(16)8-4-1-2-6-14-8;/h8,14H,1-7H2,(H,15,16);1H. The Morgan fingerprint density at radius 3 is 2.59 bits per heavy atom. The fourth-order valence-electron chi connectivity index (χ4n) is 1.70. The van der Waals surface area contributed by atoms with Gasteiger partial charge in [0.25, 0.3) is 0 Å². The first kappa shape index (κ1) is 16.5. The summed E-state index contributed by atoms with van der Waals surface area (Å²) in [4.78, 5) is 11.5. The molecule has 0 aliphatic carbocycles. The molecule has 0 aromatic rings. The lowest BCUT2D eigenvalue weighted by Crippen LogP contribution is -2.46. The van der Waals surface area contributed by atoms with E-state index in [9.17, 15) is 18.0 Å². The second-order valence-corrected chi connectivity index (χ2v) is 4.01. The molecule has 0 saturated carbocycles. The van der Waals surface area contributed by atoms with Gasteiger partial charge in [-0.2, -0.15) is 13.2 Å². The Hall–Kier alpha value is -0.490. The van der Waals surface area contributed by atoms with Crippen molar-refractivity contribution in [3.05, 3.63) is 0 Å². The minimum absolute atomic E-state index is 0. The zero-order valence-corrected chi connectivity index (χ0v) is 10.3. The highest BCUT2D eigenvalue weighted by molar-refractivity contribution is 5.85. The molecule has 7 heteroatoms. The van der Waals surface area contributed by atoms with E-state index in [4.69, 9.17) is 0 Å². The summed E-state index contributed by atoms with van der Waals surface area (Å²) in [6.45, 7) is 0.900. The van der Waals surface area contributed by atoms with Crippen LogP contribution in [0.15, 0.2) is 0 Å². The molecule has 1 atom stereocenters. The number of hydrogen-bond acceptors (Lipinski definition) is 2. The maximum Gasteiger partial charge on any atom is 0.389 e. The summed E-state index contributed by atoms with van der Waals surface area (Å²) < 4.78 is 35.4. The molecule has 1 rings (SSSR count). The van der Waals surface area contributed by atoms with Gasteiger partial charge in [0.2, 0.25) is 5.91 Å². The minimum Gasteiger partial charge on any atom is -0.355 e. The predicted octanol–water partition coefficient (Wildman–Crippen LogP) is 2.01. The molecular weight excluding hydrogens is 257 g/mol. The number of carbonyl (C=O) groups excluding carboxylic acids is 1. The van der Waals surface area contributed by atoms with Gasteiger partial charge in [-0.3, -0.25) is 4.79 Å². The van der Waals surface area contributed by atoms with E-state index in [2.05, 4.69) is 10.6 Å². The van der Waals surface area contributed by atoms with Crippen LogP contribution in [0.5, 0.6) is 0 Å². The molecule has 0 radical (unpaired) electrons. The Labute approximate surface area is 105 Å². The highest BCUT2D eigenvalue weighted by atomic mass is 35.5. The van der Waals surface area contributed by atoms with Gasteiger partial charge in [-0.15, -0.1) is 12.4 Å². The maximum absolute atomic E-state index is 11.8. The van der Waals surface area contributed by atoms with E-state index in [0.717, 1.165) is 25.8 Å². The third-order valence-electron chi connectivity index (χ3n) is 2.56. The molecule has 102 valence electrons. The zero-order valence-electron chi connectivity index (χ0n) is 9.48. The van der Waals surface area contributed by atoms with Crippen LogP contribution in [-0.2, 0) is 4.79 Å². The van der Waals surface area contributed by atoms with Crippen LogP contribution in [0.1, 0.15) is 32.1 Å². The molecule has 0 aromatic carbocycles. The van der Waals surface area contributed by atoms with Crippen LogP contribution in [0.4, 0.5) is 13.2 Å². The predicted molar refractivity (Wildman–Crippen MR) is 61.2 cm³/mol. The highest BCUT2D eigenvalue weighted by Crippen LogP contribution is 2.20. The lowest BCUT2D eigenvalue weighted by molar-refractivity contribution is -0.136. The van der Waals surface area contributed by atoms with Crippen LogP contribution in [0.25, 0.3) is 0 Å². The van der Waals surface area contributed by atoms with E-state index in [1.54, 1.807) is 0 Å². The Morgan fingerprint density at radius 2 is 2.06 bits per heavy atom. The summed E-state index contributed by atoms with van der Waals surface area (Å²) in [6, 6.07) is -0.223. The average Bonchev–Trinajstić information content (AvgIpc) is 2.24. The van der Waals surface area contributed by atoms with Gasteiger partial charge in [-0.05, 0) is 25.8 Å². The van der Waals surface area contributed by atoms with E-state index < -0.39 is 12.6 Å². The van der Waals surface area contributed by atoms with Crippen molar-refractivity contribution in [3.8, 4) is 0 Å². The normalized spacial score (nSPS) is 20.5. The fraction of sp³-hybridized carbons (Fsp3) is 0.900. The average molecular weight is 275 g/mol. The van der Waals surface area contributed by atoms with E-state index in [1.807, 2.05) is 0 Å². The zero-order chi connectivity index (χ0) is 12.0. The number of hydrogen-bond donors (Lipinski definition) is 2. The summed E-state index contributed by atoms with van der Waals surface area (Å²) >= 11 is 0. The molecule has 1 amide bonds. The minimum atomic E-state index is -4.13. The smallest absolute Gasteiger partial charge is 0.355 e. The van der Waals surface area contributed by atoms with Gasteiger partial charge in [0.1, 0.15) is 0 Å². The first-order valence-corrected chi connectivity index (χ1v) is 5.57. The second kappa shape index (κ2) is 7.76. The summed E-state index contributed by atoms with van der Waals surface area (Å²) in [5.74, 6) is -0.179. The van der Waals surface area contributed by atoms with Gasteiger partial charge in [-0.25, -0.2) is 0 Å². The Kier molecular flexibility index (Phi) is 7.54. The quantitative estimate of drug-likeness (QED) is 0.770. The van der Waals surface area contributed by atoms with Crippen LogP contribution in [0.2, 0.25) is 0 Å². The molecule has 1 saturated heterocycles. The summed E-state index contributed by atoms with van der Waals surface area (Å²) in [5, 5.41) is 5.57. The molecule has 1 fully saturated rings. The van der Waals surface area contributed by atoms with E-state index in [1.165, 1.54) is 0 Å². The van der Waals surface area contributed by atoms with Crippen LogP contribution in [-0.4, -0.2) is 31.2 Å². The van der Waals surface area contributed by atoms with Gasteiger partial charge in [-0.1, -0.05) is 6.42 Å². The molecule has 2 N–H and O–H groups in total. The van der Waals surface area contributed by atoms with Gasteiger partial charge in [0.05, 0.1) is 6.04 Å². The van der Waals surface area contributed by atoms with E-state index in [-0.39, 0.29) is 37.3 Å². The summed E-state index contributed by atoms with van der Waals surface area (Å²) in [5.41, 5.74) is 0. The van der Waals surface area contributed by atoms with Crippen molar-refractivity contribution in [1.82, 2.24) is 10.6 Å². The first-order valence-electron chi connectivity index (χ1n) is 5.57. The molecule has 1 aliphatic rings. The molecule has 1 heterocycles. The number of nitrogens with one attached hydrogen (secondary N) is 2. The van der Waals surface area contributed by atoms with Gasteiger partial charge in [0.15, 0.2) is 0 Å². The molecule has 0 spiro atoms. The molecule has 17 heavy (non-hydrogen) atoms. The monoisotopic (exact) mass is 274 g/mol. The molecule has 1 unspecified atom stereocenters. The fourth-order valence-corrected chi connectivity index (χ4v) is 1.70. The third kappa shape index (κ3) is 7.44. The number of carbonyl (C=O) groups is 1. The largest absolute Gasteiger partial charge is 0.389 e. The van der Waals surface area contributed by atoms with Crippen molar-refractivity contribution in [2.75, 3.05) is 13.1 Å². The Bertz CT molecular complexity index is 230. The van der Waals surface area contributed by atoms with Crippen molar-refractivity contribution in [1.29, 1.82) is 0 Å². The van der Waals surface area contributed by atoms with E-state index in [0.29, 0.717) is 0 Å². The van der Waals surface area contributed by atoms with E-state index >= 15 is 0 Å². The number of halogens is 4. The summed E-state index contributed by atoms with van der Waals surface area (Å²) in [6.07, 6.45) is -2.21. The van der Waals surface area contributed by atoms with Gasteiger partial charge < -0.3 is 10.6 Å². The Morgan fingerprint density at radius 1 is 1.35 bits per heavy atom. The topological polar surface area (TPSA) is 41.1 Å². The SMILES string of the molecule is Cl.O=C(NCCCC(F)(F)F)C1CCCCN1. The molecule has 0 bridgehead atoms. The lowest BCUT2D eigenvalue weighted by atomic mass is 10.0. The van der Waals surface area contributed by atoms with Crippen molar-refractivity contribution in [2.24, 2.45) is 0 Å². The molecular formula is C10H18ClF3N2O. The first-order chi connectivity index (χ1) is 7.49. The van der Waals surface area contributed by atoms with Crippen LogP contribution in [0, 0.1) is 0 Å².